The molecule has 1 aromatic rings. The normalized spacial score (nSPS) is 11.1. The molecule has 0 saturated heterocycles. The second-order valence-electron chi connectivity index (χ2n) is 4.01. The maximum Gasteiger partial charge on any atom is 0.141 e. The maximum atomic E-state index is 7.20. The standard InChI is InChI=1S/C11H17N3O/c1-4-11(2,3)15-8-5-6-9(10(12)13)14-7-8/h5-7H,4H2,1-3H3,(H3,12,13). The Labute approximate surface area is 90.0 Å². The molecule has 0 aliphatic heterocycles. The van der Waals surface area contributed by atoms with E-state index >= 15 is 0 Å². The lowest BCUT2D eigenvalue weighted by Gasteiger charge is -2.24. The van der Waals surface area contributed by atoms with Gasteiger partial charge in [0.05, 0.1) is 6.20 Å². The van der Waals surface area contributed by atoms with Crippen LogP contribution in [0.4, 0.5) is 0 Å². The van der Waals surface area contributed by atoms with Crippen LogP contribution in [0.15, 0.2) is 18.3 Å². The van der Waals surface area contributed by atoms with Gasteiger partial charge < -0.3 is 10.5 Å². The minimum Gasteiger partial charge on any atom is -0.486 e. The lowest BCUT2D eigenvalue weighted by molar-refractivity contribution is 0.105. The number of nitrogen functional groups attached to an aromatic ring is 1. The van der Waals surface area contributed by atoms with E-state index in [1.54, 1.807) is 18.3 Å². The van der Waals surface area contributed by atoms with Gasteiger partial charge in [-0.2, -0.15) is 0 Å². The molecule has 0 aliphatic carbocycles. The first kappa shape index (κ1) is 11.5. The Kier molecular flexibility index (Phi) is 3.29. The Morgan fingerprint density at radius 1 is 1.53 bits per heavy atom. The van der Waals surface area contributed by atoms with Gasteiger partial charge >= 0.3 is 0 Å². The molecule has 0 bridgehead atoms. The maximum absolute atomic E-state index is 7.20. The molecule has 0 saturated carbocycles. The highest BCUT2D eigenvalue weighted by Crippen LogP contribution is 2.19. The Bertz CT molecular complexity index is 343. The first-order valence-electron chi connectivity index (χ1n) is 4.94. The van der Waals surface area contributed by atoms with Crippen LogP contribution >= 0.6 is 0 Å². The summed E-state index contributed by atoms with van der Waals surface area (Å²) in [6.45, 7) is 6.11. The number of pyridine rings is 1. The summed E-state index contributed by atoms with van der Waals surface area (Å²) in [6, 6.07) is 3.46. The van der Waals surface area contributed by atoms with Gasteiger partial charge in [0.15, 0.2) is 0 Å². The van der Waals surface area contributed by atoms with Crippen LogP contribution in [-0.4, -0.2) is 16.4 Å². The van der Waals surface area contributed by atoms with Gasteiger partial charge in [-0.25, -0.2) is 4.98 Å². The second-order valence-corrected chi connectivity index (χ2v) is 4.01. The van der Waals surface area contributed by atoms with Crippen molar-refractivity contribution in [2.24, 2.45) is 5.73 Å². The second kappa shape index (κ2) is 4.29. The van der Waals surface area contributed by atoms with Crippen LogP contribution in [0.5, 0.6) is 5.75 Å². The molecule has 4 heteroatoms. The molecule has 0 unspecified atom stereocenters. The van der Waals surface area contributed by atoms with E-state index in [1.807, 2.05) is 13.8 Å². The highest BCUT2D eigenvalue weighted by molar-refractivity contribution is 5.92. The molecule has 0 fully saturated rings. The fourth-order valence-corrected chi connectivity index (χ4v) is 0.991. The van der Waals surface area contributed by atoms with E-state index in [4.69, 9.17) is 15.9 Å². The molecule has 1 aromatic heterocycles. The van der Waals surface area contributed by atoms with Crippen LogP contribution in [0.2, 0.25) is 0 Å². The summed E-state index contributed by atoms with van der Waals surface area (Å²) in [6.07, 6.45) is 2.51. The summed E-state index contributed by atoms with van der Waals surface area (Å²) >= 11 is 0. The van der Waals surface area contributed by atoms with Crippen molar-refractivity contribution in [3.05, 3.63) is 24.0 Å². The fourth-order valence-electron chi connectivity index (χ4n) is 0.991. The van der Waals surface area contributed by atoms with E-state index in [-0.39, 0.29) is 11.4 Å². The number of aromatic nitrogens is 1. The van der Waals surface area contributed by atoms with Crippen molar-refractivity contribution in [3.8, 4) is 5.75 Å². The molecule has 1 rings (SSSR count). The summed E-state index contributed by atoms with van der Waals surface area (Å²) in [5.41, 5.74) is 5.57. The van der Waals surface area contributed by atoms with E-state index in [0.29, 0.717) is 11.4 Å². The van der Waals surface area contributed by atoms with Crippen molar-refractivity contribution in [2.75, 3.05) is 0 Å². The zero-order chi connectivity index (χ0) is 11.5. The largest absolute Gasteiger partial charge is 0.486 e. The molecule has 0 amide bonds. The van der Waals surface area contributed by atoms with E-state index in [1.165, 1.54) is 0 Å². The monoisotopic (exact) mass is 207 g/mol. The smallest absolute Gasteiger partial charge is 0.141 e. The zero-order valence-electron chi connectivity index (χ0n) is 9.37. The van der Waals surface area contributed by atoms with Crippen molar-refractivity contribution in [1.29, 1.82) is 5.41 Å². The average molecular weight is 207 g/mol. The van der Waals surface area contributed by atoms with Gasteiger partial charge in [-0.15, -0.1) is 0 Å². The van der Waals surface area contributed by atoms with E-state index in [9.17, 15) is 0 Å². The van der Waals surface area contributed by atoms with Crippen molar-refractivity contribution >= 4 is 5.84 Å². The SMILES string of the molecule is CCC(C)(C)Oc1ccc(C(=N)N)nc1. The van der Waals surface area contributed by atoms with Crippen molar-refractivity contribution in [3.63, 3.8) is 0 Å². The summed E-state index contributed by atoms with van der Waals surface area (Å²) in [4.78, 5) is 4.02. The van der Waals surface area contributed by atoms with Crippen LogP contribution in [-0.2, 0) is 0 Å². The van der Waals surface area contributed by atoms with Gasteiger partial charge in [0, 0.05) is 0 Å². The highest BCUT2D eigenvalue weighted by Gasteiger charge is 2.16. The molecule has 4 nitrogen and oxygen atoms in total. The number of rotatable bonds is 4. The summed E-state index contributed by atoms with van der Waals surface area (Å²) in [5.74, 6) is 0.670. The lowest BCUT2D eigenvalue weighted by Crippen LogP contribution is -2.26. The third-order valence-electron chi connectivity index (χ3n) is 2.26. The van der Waals surface area contributed by atoms with Gasteiger partial charge in [-0.05, 0) is 32.4 Å². The summed E-state index contributed by atoms with van der Waals surface area (Å²) < 4.78 is 5.71. The zero-order valence-corrected chi connectivity index (χ0v) is 9.37. The molecule has 0 spiro atoms. The van der Waals surface area contributed by atoms with Crippen molar-refractivity contribution in [2.45, 2.75) is 32.8 Å². The van der Waals surface area contributed by atoms with E-state index in [0.717, 1.165) is 6.42 Å². The van der Waals surface area contributed by atoms with E-state index < -0.39 is 0 Å². The first-order chi connectivity index (χ1) is 6.94. The average Bonchev–Trinajstić information content (AvgIpc) is 2.18. The molecule has 0 aromatic carbocycles. The Morgan fingerprint density at radius 2 is 2.20 bits per heavy atom. The third kappa shape index (κ3) is 3.23. The Balaban J connectivity index is 2.77. The highest BCUT2D eigenvalue weighted by atomic mass is 16.5. The van der Waals surface area contributed by atoms with Gasteiger partial charge in [0.25, 0.3) is 0 Å². The Hall–Kier alpha value is -1.58. The molecule has 0 aliphatic rings. The van der Waals surface area contributed by atoms with Crippen molar-refractivity contribution in [1.82, 2.24) is 4.98 Å². The number of amidine groups is 1. The molecular weight excluding hydrogens is 190 g/mol. The van der Waals surface area contributed by atoms with Gasteiger partial charge in [-0.3, -0.25) is 5.41 Å². The molecule has 3 N–H and O–H groups in total. The molecule has 82 valence electrons. The molecule has 0 atom stereocenters. The molecular formula is C11H17N3O. The lowest BCUT2D eigenvalue weighted by atomic mass is 10.1. The number of hydrogen-bond acceptors (Lipinski definition) is 3. The predicted octanol–water partition coefficient (Wildman–Crippen LogP) is 1.93. The first-order valence-corrected chi connectivity index (χ1v) is 4.94. The summed E-state index contributed by atoms with van der Waals surface area (Å²) in [5, 5.41) is 7.20. The number of nitrogens with one attached hydrogen (secondary N) is 1. The fraction of sp³-hybridized carbons (Fsp3) is 0.455. The number of nitrogens with zero attached hydrogens (tertiary/aromatic N) is 1. The van der Waals surface area contributed by atoms with Crippen LogP contribution < -0.4 is 10.5 Å². The minimum absolute atomic E-state index is 0.0312. The van der Waals surface area contributed by atoms with Crippen LogP contribution in [0.3, 0.4) is 0 Å². The van der Waals surface area contributed by atoms with Gasteiger partial charge in [0.2, 0.25) is 0 Å². The minimum atomic E-state index is -0.195. The predicted molar refractivity (Wildman–Crippen MR) is 60.3 cm³/mol. The van der Waals surface area contributed by atoms with Crippen LogP contribution in [0.1, 0.15) is 32.9 Å². The summed E-state index contributed by atoms with van der Waals surface area (Å²) in [7, 11) is 0. The topological polar surface area (TPSA) is 72.0 Å². The molecule has 0 radical (unpaired) electrons. The van der Waals surface area contributed by atoms with Crippen molar-refractivity contribution < 1.29 is 4.74 Å². The van der Waals surface area contributed by atoms with Gasteiger partial charge in [-0.1, -0.05) is 6.92 Å². The Morgan fingerprint density at radius 3 is 2.60 bits per heavy atom. The number of ether oxygens (including phenoxy) is 1. The van der Waals surface area contributed by atoms with Crippen LogP contribution in [0.25, 0.3) is 0 Å². The quantitative estimate of drug-likeness (QED) is 0.585. The number of nitrogens with two attached hydrogens (primary N) is 1. The third-order valence-corrected chi connectivity index (χ3v) is 2.26. The van der Waals surface area contributed by atoms with Gasteiger partial charge in [0.1, 0.15) is 22.9 Å². The molecule has 1 heterocycles. The number of hydrogen-bond donors (Lipinski definition) is 2. The van der Waals surface area contributed by atoms with E-state index in [2.05, 4.69) is 11.9 Å². The van der Waals surface area contributed by atoms with Crippen LogP contribution in [0, 0.1) is 5.41 Å². The molecule has 15 heavy (non-hydrogen) atoms.